The number of benzene rings is 1. The predicted octanol–water partition coefficient (Wildman–Crippen LogP) is 1.95. The van der Waals surface area contributed by atoms with Crippen LogP contribution in [0, 0.1) is 5.82 Å². The average molecular weight is 305 g/mol. The number of hydrogen-bond donors (Lipinski definition) is 2. The first-order valence-electron chi connectivity index (χ1n) is 7.38. The number of nitrogens with zero attached hydrogens (tertiary/aromatic N) is 2. The van der Waals surface area contributed by atoms with Crippen molar-refractivity contribution in [3.05, 3.63) is 48.0 Å². The number of nitrogens with one attached hydrogen (secondary N) is 1. The molecule has 6 heteroatoms. The molecule has 0 aliphatic carbocycles. The minimum Gasteiger partial charge on any atom is -0.487 e. The highest BCUT2D eigenvalue weighted by Crippen LogP contribution is 2.27. The van der Waals surface area contributed by atoms with Gasteiger partial charge < -0.3 is 9.84 Å². The van der Waals surface area contributed by atoms with Gasteiger partial charge in [0.25, 0.3) is 0 Å². The molecule has 0 spiro atoms. The Morgan fingerprint density at radius 2 is 2.36 bits per heavy atom. The quantitative estimate of drug-likeness (QED) is 0.906. The van der Waals surface area contributed by atoms with Crippen LogP contribution < -0.4 is 4.74 Å². The van der Waals surface area contributed by atoms with Crippen LogP contribution in [0.25, 0.3) is 0 Å². The molecule has 0 amide bonds. The van der Waals surface area contributed by atoms with Gasteiger partial charge in [-0.25, -0.2) is 4.39 Å². The second kappa shape index (κ2) is 6.06. The Hall–Kier alpha value is -1.92. The van der Waals surface area contributed by atoms with Crippen molar-refractivity contribution in [1.29, 1.82) is 0 Å². The summed E-state index contributed by atoms with van der Waals surface area (Å²) in [5, 5.41) is 17.5. The highest BCUT2D eigenvalue weighted by atomic mass is 19.1. The van der Waals surface area contributed by atoms with E-state index in [4.69, 9.17) is 4.74 Å². The second-order valence-corrected chi connectivity index (χ2v) is 6.00. The fourth-order valence-electron chi connectivity index (χ4n) is 2.88. The SMILES string of the molecule is C[C@]1(O)CN(Cc2ccn[nH]2)CC[C@@H]1Oc1cccc(F)c1. The zero-order chi connectivity index (χ0) is 15.6. The summed E-state index contributed by atoms with van der Waals surface area (Å²) in [7, 11) is 0. The Bertz CT molecular complexity index is 616. The van der Waals surface area contributed by atoms with E-state index in [1.807, 2.05) is 6.07 Å². The monoisotopic (exact) mass is 305 g/mol. The first-order chi connectivity index (χ1) is 10.5. The summed E-state index contributed by atoms with van der Waals surface area (Å²) in [6.07, 6.45) is 2.04. The number of halogens is 1. The van der Waals surface area contributed by atoms with E-state index in [2.05, 4.69) is 15.1 Å². The lowest BCUT2D eigenvalue weighted by molar-refractivity contribution is -0.0995. The van der Waals surface area contributed by atoms with Gasteiger partial charge in [0.15, 0.2) is 0 Å². The van der Waals surface area contributed by atoms with Crippen molar-refractivity contribution >= 4 is 0 Å². The van der Waals surface area contributed by atoms with E-state index < -0.39 is 5.60 Å². The van der Waals surface area contributed by atoms with E-state index in [-0.39, 0.29) is 11.9 Å². The largest absolute Gasteiger partial charge is 0.487 e. The predicted molar refractivity (Wildman–Crippen MR) is 79.9 cm³/mol. The highest BCUT2D eigenvalue weighted by Gasteiger charge is 2.39. The molecule has 2 aromatic rings. The first-order valence-corrected chi connectivity index (χ1v) is 7.38. The molecule has 2 heterocycles. The summed E-state index contributed by atoms with van der Waals surface area (Å²) in [5.41, 5.74) is 0.0187. The van der Waals surface area contributed by atoms with Gasteiger partial charge in [-0.3, -0.25) is 10.00 Å². The number of aliphatic hydroxyl groups is 1. The van der Waals surface area contributed by atoms with Gasteiger partial charge in [-0.05, 0) is 31.5 Å². The number of ether oxygens (including phenoxy) is 1. The van der Waals surface area contributed by atoms with E-state index in [0.717, 1.165) is 12.2 Å². The van der Waals surface area contributed by atoms with Gasteiger partial charge in [-0.15, -0.1) is 0 Å². The Morgan fingerprint density at radius 3 is 3.05 bits per heavy atom. The standard InChI is InChI=1S/C16H20FN3O2/c1-16(21)11-20(10-13-5-7-18-19-13)8-6-15(16)22-14-4-2-3-12(17)9-14/h2-5,7,9,15,21H,6,8,10-11H2,1H3,(H,18,19)/t15-,16-/m0/s1. The lowest BCUT2D eigenvalue weighted by atomic mass is 9.91. The van der Waals surface area contributed by atoms with Crippen LogP contribution in [0.2, 0.25) is 0 Å². The molecule has 2 atom stereocenters. The van der Waals surface area contributed by atoms with Crippen LogP contribution in [0.1, 0.15) is 19.0 Å². The van der Waals surface area contributed by atoms with Crippen molar-refractivity contribution in [2.45, 2.75) is 31.6 Å². The fourth-order valence-corrected chi connectivity index (χ4v) is 2.88. The number of aromatic nitrogens is 2. The molecule has 0 saturated carbocycles. The van der Waals surface area contributed by atoms with E-state index in [9.17, 15) is 9.50 Å². The van der Waals surface area contributed by atoms with Gasteiger partial charge in [-0.1, -0.05) is 6.07 Å². The van der Waals surface area contributed by atoms with Gasteiger partial charge in [-0.2, -0.15) is 5.10 Å². The Balaban J connectivity index is 1.63. The van der Waals surface area contributed by atoms with Crippen LogP contribution in [0.5, 0.6) is 5.75 Å². The summed E-state index contributed by atoms with van der Waals surface area (Å²) < 4.78 is 19.0. The van der Waals surface area contributed by atoms with Gasteiger partial charge in [0, 0.05) is 37.6 Å². The maximum Gasteiger partial charge on any atom is 0.129 e. The molecule has 0 unspecified atom stereocenters. The van der Waals surface area contributed by atoms with Gasteiger partial charge in [0.05, 0.1) is 0 Å². The average Bonchev–Trinajstić information content (AvgIpc) is 2.94. The van der Waals surface area contributed by atoms with Gasteiger partial charge in [0.1, 0.15) is 23.3 Å². The van der Waals surface area contributed by atoms with Crippen molar-refractivity contribution in [1.82, 2.24) is 15.1 Å². The lowest BCUT2D eigenvalue weighted by Gasteiger charge is -2.42. The van der Waals surface area contributed by atoms with Crippen molar-refractivity contribution in [3.63, 3.8) is 0 Å². The minimum atomic E-state index is -0.995. The fraction of sp³-hybridized carbons (Fsp3) is 0.438. The maximum absolute atomic E-state index is 13.2. The smallest absolute Gasteiger partial charge is 0.129 e. The zero-order valence-electron chi connectivity index (χ0n) is 12.5. The molecule has 2 N–H and O–H groups in total. The Kier molecular flexibility index (Phi) is 4.13. The number of hydrogen-bond acceptors (Lipinski definition) is 4. The van der Waals surface area contributed by atoms with Gasteiger partial charge in [0.2, 0.25) is 0 Å². The number of aromatic amines is 1. The van der Waals surface area contributed by atoms with E-state index in [1.54, 1.807) is 25.3 Å². The molecule has 0 bridgehead atoms. The highest BCUT2D eigenvalue weighted by molar-refractivity contribution is 5.23. The summed E-state index contributed by atoms with van der Waals surface area (Å²) in [5.74, 6) is 0.112. The maximum atomic E-state index is 13.2. The van der Waals surface area contributed by atoms with E-state index in [1.165, 1.54) is 12.1 Å². The summed E-state index contributed by atoms with van der Waals surface area (Å²) in [6.45, 7) is 3.76. The summed E-state index contributed by atoms with van der Waals surface area (Å²) in [6, 6.07) is 7.94. The van der Waals surface area contributed by atoms with Crippen LogP contribution >= 0.6 is 0 Å². The third-order valence-electron chi connectivity index (χ3n) is 3.97. The summed E-state index contributed by atoms with van der Waals surface area (Å²) in [4.78, 5) is 2.15. The number of β-amino-alcohol motifs (C(OH)–C–C–N with tert-alkyl or cyclic N) is 1. The van der Waals surface area contributed by atoms with E-state index in [0.29, 0.717) is 25.3 Å². The summed E-state index contributed by atoms with van der Waals surface area (Å²) >= 11 is 0. The normalized spacial score (nSPS) is 26.0. The molecule has 1 saturated heterocycles. The number of H-pyrrole nitrogens is 1. The Labute approximate surface area is 128 Å². The zero-order valence-corrected chi connectivity index (χ0v) is 12.5. The van der Waals surface area contributed by atoms with Crippen LogP contribution in [0.4, 0.5) is 4.39 Å². The Morgan fingerprint density at radius 1 is 1.50 bits per heavy atom. The molecule has 1 aliphatic heterocycles. The number of likely N-dealkylation sites (tertiary alicyclic amines) is 1. The second-order valence-electron chi connectivity index (χ2n) is 6.00. The van der Waals surface area contributed by atoms with Crippen molar-refractivity contribution in [3.8, 4) is 5.75 Å². The van der Waals surface area contributed by atoms with Crippen molar-refractivity contribution in [2.75, 3.05) is 13.1 Å². The molecule has 1 fully saturated rings. The molecule has 1 aromatic heterocycles. The molecule has 1 aliphatic rings. The molecule has 3 rings (SSSR count). The van der Waals surface area contributed by atoms with E-state index >= 15 is 0 Å². The van der Waals surface area contributed by atoms with Crippen molar-refractivity contribution in [2.24, 2.45) is 0 Å². The van der Waals surface area contributed by atoms with Crippen LogP contribution in [0.15, 0.2) is 36.5 Å². The third kappa shape index (κ3) is 3.45. The van der Waals surface area contributed by atoms with Crippen LogP contribution in [-0.2, 0) is 6.54 Å². The molecule has 1 aromatic carbocycles. The topological polar surface area (TPSA) is 61.4 Å². The molecule has 22 heavy (non-hydrogen) atoms. The number of rotatable bonds is 4. The van der Waals surface area contributed by atoms with Gasteiger partial charge >= 0.3 is 0 Å². The first kappa shape index (κ1) is 15.0. The van der Waals surface area contributed by atoms with Crippen LogP contribution in [-0.4, -0.2) is 45.0 Å². The van der Waals surface area contributed by atoms with Crippen LogP contribution in [0.3, 0.4) is 0 Å². The molecule has 0 radical (unpaired) electrons. The molecular formula is C16H20FN3O2. The molecular weight excluding hydrogens is 285 g/mol. The minimum absolute atomic E-state index is 0.339. The molecule has 5 nitrogen and oxygen atoms in total. The third-order valence-corrected chi connectivity index (χ3v) is 3.97. The number of piperidine rings is 1. The van der Waals surface area contributed by atoms with Crippen molar-refractivity contribution < 1.29 is 14.2 Å². The molecule has 118 valence electrons. The lowest BCUT2D eigenvalue weighted by Crippen LogP contribution is -2.56.